The number of likely N-dealkylation sites (tertiary alicyclic amines) is 1. The second kappa shape index (κ2) is 9.13. The lowest BCUT2D eigenvalue weighted by Crippen LogP contribution is -2.43. The van der Waals surface area contributed by atoms with E-state index in [1.54, 1.807) is 0 Å². The summed E-state index contributed by atoms with van der Waals surface area (Å²) in [5, 5.41) is 3.13. The van der Waals surface area contributed by atoms with Gasteiger partial charge in [0.1, 0.15) is 0 Å². The van der Waals surface area contributed by atoms with Crippen LogP contribution in [-0.4, -0.2) is 36.5 Å². The van der Waals surface area contributed by atoms with Crippen LogP contribution in [0.5, 0.6) is 0 Å². The van der Waals surface area contributed by atoms with Crippen LogP contribution in [0, 0.1) is 0 Å². The van der Waals surface area contributed by atoms with Crippen LogP contribution in [0.15, 0.2) is 18.2 Å². The second-order valence-corrected chi connectivity index (χ2v) is 5.82. The number of benzene rings is 1. The number of halogens is 1. The van der Waals surface area contributed by atoms with E-state index in [2.05, 4.69) is 42.3 Å². The van der Waals surface area contributed by atoms with Gasteiger partial charge in [-0.25, -0.2) is 0 Å². The van der Waals surface area contributed by atoms with Gasteiger partial charge in [0, 0.05) is 24.8 Å². The van der Waals surface area contributed by atoms with Gasteiger partial charge in [0.05, 0.1) is 6.54 Å². The molecule has 0 aromatic heterocycles. The Morgan fingerprint density at radius 1 is 1.23 bits per heavy atom. The van der Waals surface area contributed by atoms with E-state index in [0.717, 1.165) is 44.5 Å². The predicted molar refractivity (Wildman–Crippen MR) is 94.7 cm³/mol. The zero-order valence-corrected chi connectivity index (χ0v) is 14.4. The molecule has 4 nitrogen and oxygen atoms in total. The van der Waals surface area contributed by atoms with Gasteiger partial charge in [0.15, 0.2) is 0 Å². The van der Waals surface area contributed by atoms with Crippen LogP contribution in [0.2, 0.25) is 0 Å². The zero-order chi connectivity index (χ0) is 15.2. The first kappa shape index (κ1) is 18.9. The van der Waals surface area contributed by atoms with Crippen molar-refractivity contribution in [1.29, 1.82) is 0 Å². The van der Waals surface area contributed by atoms with Crippen molar-refractivity contribution in [3.8, 4) is 0 Å². The standard InChI is InChI=1S/C17H27N3O.ClH/c1-3-13-6-5-7-14(4-2)17(13)19-16(21)12-20-10-8-15(18)9-11-20;/h5-7,15H,3-4,8-12,18H2,1-2H3,(H,19,21);1H. The Morgan fingerprint density at radius 2 is 1.77 bits per heavy atom. The molecule has 1 aromatic rings. The number of nitrogens with two attached hydrogens (primary N) is 1. The van der Waals surface area contributed by atoms with Crippen molar-refractivity contribution >= 4 is 24.0 Å². The molecule has 5 heteroatoms. The van der Waals surface area contributed by atoms with Gasteiger partial charge in [-0.1, -0.05) is 32.0 Å². The predicted octanol–water partition coefficient (Wildman–Crippen LogP) is 2.59. The van der Waals surface area contributed by atoms with E-state index in [1.807, 2.05) is 0 Å². The monoisotopic (exact) mass is 325 g/mol. The Balaban J connectivity index is 0.00000242. The van der Waals surface area contributed by atoms with Gasteiger partial charge in [0.2, 0.25) is 5.91 Å². The number of carbonyl (C=O) groups is 1. The quantitative estimate of drug-likeness (QED) is 0.875. The molecule has 1 aliphatic rings. The second-order valence-electron chi connectivity index (χ2n) is 5.82. The van der Waals surface area contributed by atoms with Gasteiger partial charge in [-0.15, -0.1) is 12.4 Å². The molecule has 0 spiro atoms. The van der Waals surface area contributed by atoms with Crippen molar-refractivity contribution in [1.82, 2.24) is 4.90 Å². The summed E-state index contributed by atoms with van der Waals surface area (Å²) < 4.78 is 0. The normalized spacial score (nSPS) is 16.1. The Bertz CT molecular complexity index is 463. The minimum atomic E-state index is 0. The molecule has 1 heterocycles. The molecule has 0 bridgehead atoms. The molecule has 0 radical (unpaired) electrons. The molecule has 1 fully saturated rings. The highest BCUT2D eigenvalue weighted by Gasteiger charge is 2.19. The third kappa shape index (κ3) is 4.97. The Morgan fingerprint density at radius 3 is 2.27 bits per heavy atom. The molecule has 124 valence electrons. The maximum atomic E-state index is 12.3. The average molecular weight is 326 g/mol. The van der Waals surface area contributed by atoms with Gasteiger partial charge in [-0.3, -0.25) is 9.69 Å². The summed E-state index contributed by atoms with van der Waals surface area (Å²) in [6.45, 7) is 6.55. The van der Waals surface area contributed by atoms with Crippen molar-refractivity contribution < 1.29 is 4.79 Å². The van der Waals surface area contributed by atoms with Gasteiger partial charge in [-0.05, 0) is 36.8 Å². The van der Waals surface area contributed by atoms with Crippen molar-refractivity contribution in [2.24, 2.45) is 5.73 Å². The van der Waals surface area contributed by atoms with Crippen LogP contribution in [0.1, 0.15) is 37.8 Å². The zero-order valence-electron chi connectivity index (χ0n) is 13.6. The van der Waals surface area contributed by atoms with Crippen LogP contribution in [0.4, 0.5) is 5.69 Å². The molecule has 1 saturated heterocycles. The lowest BCUT2D eigenvalue weighted by Gasteiger charge is -2.29. The summed E-state index contributed by atoms with van der Waals surface area (Å²) in [5.74, 6) is 0.0843. The largest absolute Gasteiger partial charge is 0.328 e. The molecule has 1 aromatic carbocycles. The maximum absolute atomic E-state index is 12.3. The van der Waals surface area contributed by atoms with E-state index < -0.39 is 0 Å². The molecule has 0 saturated carbocycles. The number of nitrogens with zero attached hydrogens (tertiary/aromatic N) is 1. The molecule has 0 aliphatic carbocycles. The van der Waals surface area contributed by atoms with Gasteiger partial charge >= 0.3 is 0 Å². The van der Waals surface area contributed by atoms with Crippen LogP contribution >= 0.6 is 12.4 Å². The topological polar surface area (TPSA) is 58.4 Å². The van der Waals surface area contributed by atoms with E-state index in [1.165, 1.54) is 11.1 Å². The SMILES string of the molecule is CCc1cccc(CC)c1NC(=O)CN1CCC(N)CC1.Cl. The fourth-order valence-corrected chi connectivity index (χ4v) is 2.90. The van der Waals surface area contributed by atoms with Crippen LogP contribution < -0.4 is 11.1 Å². The maximum Gasteiger partial charge on any atom is 0.238 e. The fraction of sp³-hybridized carbons (Fsp3) is 0.588. The van der Waals surface area contributed by atoms with Crippen LogP contribution in [0.25, 0.3) is 0 Å². The molecule has 3 N–H and O–H groups in total. The number of piperidine rings is 1. The van der Waals surface area contributed by atoms with Gasteiger partial charge < -0.3 is 11.1 Å². The number of carbonyl (C=O) groups excluding carboxylic acids is 1. The smallest absolute Gasteiger partial charge is 0.238 e. The lowest BCUT2D eigenvalue weighted by molar-refractivity contribution is -0.117. The molecular formula is C17H28ClN3O. The number of aryl methyl sites for hydroxylation is 2. The lowest BCUT2D eigenvalue weighted by atomic mass is 10.0. The average Bonchev–Trinajstić information content (AvgIpc) is 2.49. The van der Waals surface area contributed by atoms with E-state index in [0.29, 0.717) is 12.6 Å². The number of hydrogen-bond donors (Lipinski definition) is 2. The molecule has 22 heavy (non-hydrogen) atoms. The highest BCUT2D eigenvalue weighted by atomic mass is 35.5. The molecule has 2 rings (SSSR count). The van der Waals surface area contributed by atoms with Gasteiger partial charge in [0.25, 0.3) is 0 Å². The Kier molecular flexibility index (Phi) is 7.87. The third-order valence-corrected chi connectivity index (χ3v) is 4.26. The number of hydrogen-bond acceptors (Lipinski definition) is 3. The Labute approximate surface area is 139 Å². The summed E-state index contributed by atoms with van der Waals surface area (Å²) in [6, 6.07) is 6.56. The summed E-state index contributed by atoms with van der Waals surface area (Å²) in [5.41, 5.74) is 9.34. The minimum Gasteiger partial charge on any atom is -0.328 e. The van der Waals surface area contributed by atoms with Crippen molar-refractivity contribution in [3.05, 3.63) is 29.3 Å². The molecule has 1 amide bonds. The van der Waals surface area contributed by atoms with E-state index in [4.69, 9.17) is 5.73 Å². The minimum absolute atomic E-state index is 0. The van der Waals surface area contributed by atoms with Crippen LogP contribution in [-0.2, 0) is 17.6 Å². The molecular weight excluding hydrogens is 298 g/mol. The molecule has 0 atom stereocenters. The molecule has 1 aliphatic heterocycles. The summed E-state index contributed by atoms with van der Waals surface area (Å²) in [7, 11) is 0. The van der Waals surface area contributed by atoms with E-state index in [9.17, 15) is 4.79 Å². The van der Waals surface area contributed by atoms with Crippen molar-refractivity contribution in [2.45, 2.75) is 45.6 Å². The first-order valence-electron chi connectivity index (χ1n) is 8.02. The number of para-hydroxylation sites is 1. The summed E-state index contributed by atoms with van der Waals surface area (Å²) in [4.78, 5) is 14.5. The summed E-state index contributed by atoms with van der Waals surface area (Å²) >= 11 is 0. The summed E-state index contributed by atoms with van der Waals surface area (Å²) in [6.07, 6.45) is 3.84. The number of anilines is 1. The van der Waals surface area contributed by atoms with Crippen molar-refractivity contribution in [2.75, 3.05) is 25.0 Å². The van der Waals surface area contributed by atoms with Gasteiger partial charge in [-0.2, -0.15) is 0 Å². The fourth-order valence-electron chi connectivity index (χ4n) is 2.90. The first-order valence-corrected chi connectivity index (χ1v) is 8.02. The third-order valence-electron chi connectivity index (χ3n) is 4.26. The number of rotatable bonds is 5. The highest BCUT2D eigenvalue weighted by Crippen LogP contribution is 2.22. The number of amides is 1. The molecule has 0 unspecified atom stereocenters. The van der Waals surface area contributed by atoms with Crippen molar-refractivity contribution in [3.63, 3.8) is 0 Å². The van der Waals surface area contributed by atoms with E-state index in [-0.39, 0.29) is 18.3 Å². The highest BCUT2D eigenvalue weighted by molar-refractivity contribution is 5.93. The van der Waals surface area contributed by atoms with Crippen LogP contribution in [0.3, 0.4) is 0 Å². The van der Waals surface area contributed by atoms with E-state index >= 15 is 0 Å². The number of nitrogens with one attached hydrogen (secondary N) is 1. The Hall–Kier alpha value is -1.10. The first-order chi connectivity index (χ1) is 10.1.